The number of methoxy groups -OCH3 is 1. The van der Waals surface area contributed by atoms with Crippen LogP contribution >= 0.6 is 0 Å². The third-order valence-electron chi connectivity index (χ3n) is 6.50. The summed E-state index contributed by atoms with van der Waals surface area (Å²) in [6.07, 6.45) is 2.62. The molecule has 1 aliphatic rings. The number of anilines is 2. The lowest BCUT2D eigenvalue weighted by Crippen LogP contribution is -2.57. The van der Waals surface area contributed by atoms with Gasteiger partial charge in [0.1, 0.15) is 17.4 Å². The first kappa shape index (κ1) is 22.9. The lowest BCUT2D eigenvalue weighted by Gasteiger charge is -2.40. The van der Waals surface area contributed by atoms with Gasteiger partial charge in [0, 0.05) is 55.8 Å². The third kappa shape index (κ3) is 4.83. The number of benzene rings is 2. The van der Waals surface area contributed by atoms with E-state index in [-0.39, 0.29) is 17.6 Å². The summed E-state index contributed by atoms with van der Waals surface area (Å²) in [7, 11) is 1.43. The average molecular weight is 473 g/mol. The zero-order valence-corrected chi connectivity index (χ0v) is 19.6. The number of pyridine rings is 1. The molecule has 1 N–H and O–H groups in total. The molecule has 1 aliphatic heterocycles. The monoisotopic (exact) mass is 472 g/mol. The molecule has 1 atom stereocenters. The number of piperazine rings is 1. The van der Waals surface area contributed by atoms with E-state index in [1.54, 1.807) is 6.07 Å². The lowest BCUT2D eigenvalue weighted by molar-refractivity contribution is -0.147. The van der Waals surface area contributed by atoms with E-state index in [9.17, 15) is 9.59 Å². The molecule has 2 aromatic carbocycles. The number of carbonyl (C=O) groups is 1. The predicted molar refractivity (Wildman–Crippen MR) is 137 cm³/mol. The summed E-state index contributed by atoms with van der Waals surface area (Å²) < 4.78 is 10.4. The summed E-state index contributed by atoms with van der Waals surface area (Å²) in [5.74, 6) is 0.655. The Morgan fingerprint density at radius 3 is 2.77 bits per heavy atom. The van der Waals surface area contributed by atoms with Gasteiger partial charge in [-0.15, -0.1) is 0 Å². The Labute approximate surface area is 203 Å². The van der Waals surface area contributed by atoms with Crippen LogP contribution in [0.4, 0.5) is 11.5 Å². The molecule has 4 aromatic rings. The molecule has 180 valence electrons. The van der Waals surface area contributed by atoms with Gasteiger partial charge in [-0.05, 0) is 30.0 Å². The summed E-state index contributed by atoms with van der Waals surface area (Å²) in [5.41, 5.74) is 0.940. The van der Waals surface area contributed by atoms with Gasteiger partial charge in [-0.25, -0.2) is 9.78 Å². The van der Waals surface area contributed by atoms with Gasteiger partial charge in [0.25, 0.3) is 0 Å². The van der Waals surface area contributed by atoms with Crippen molar-refractivity contribution in [2.24, 2.45) is 0 Å². The van der Waals surface area contributed by atoms with Crippen molar-refractivity contribution in [3.63, 3.8) is 0 Å². The minimum absolute atomic E-state index is 0.241. The van der Waals surface area contributed by atoms with E-state index in [0.29, 0.717) is 18.7 Å². The van der Waals surface area contributed by atoms with Crippen LogP contribution in [0, 0.1) is 0 Å². The van der Waals surface area contributed by atoms with Crippen LogP contribution < -0.4 is 15.8 Å². The van der Waals surface area contributed by atoms with Crippen LogP contribution in [0.25, 0.3) is 21.7 Å². The summed E-state index contributed by atoms with van der Waals surface area (Å²) in [6, 6.07) is 18.7. The Hall–Kier alpha value is -3.91. The van der Waals surface area contributed by atoms with Gasteiger partial charge in [-0.3, -0.25) is 9.69 Å². The summed E-state index contributed by atoms with van der Waals surface area (Å²) in [4.78, 5) is 33.5. The van der Waals surface area contributed by atoms with Crippen molar-refractivity contribution in [3.05, 3.63) is 77.3 Å². The molecule has 0 saturated carbocycles. The van der Waals surface area contributed by atoms with Crippen LogP contribution in [0.3, 0.4) is 0 Å². The molecule has 3 heterocycles. The number of carbonyl (C=O) groups excluding carboxylic acids is 1. The van der Waals surface area contributed by atoms with E-state index >= 15 is 0 Å². The summed E-state index contributed by atoms with van der Waals surface area (Å²) in [5, 5.41) is 6.44. The molecule has 1 unspecified atom stereocenters. The van der Waals surface area contributed by atoms with Gasteiger partial charge in [0.05, 0.1) is 12.8 Å². The van der Waals surface area contributed by atoms with Crippen molar-refractivity contribution in [2.45, 2.75) is 12.5 Å². The second-order valence-corrected chi connectivity index (χ2v) is 8.63. The second kappa shape index (κ2) is 10.1. The van der Waals surface area contributed by atoms with Gasteiger partial charge < -0.3 is 19.4 Å². The van der Waals surface area contributed by atoms with Gasteiger partial charge >= 0.3 is 11.6 Å². The van der Waals surface area contributed by atoms with E-state index in [4.69, 9.17) is 9.15 Å². The highest BCUT2D eigenvalue weighted by atomic mass is 16.5. The van der Waals surface area contributed by atoms with Gasteiger partial charge in [0.15, 0.2) is 0 Å². The minimum atomic E-state index is -0.380. The first-order valence-corrected chi connectivity index (χ1v) is 11.8. The number of esters is 1. The lowest BCUT2D eigenvalue weighted by atomic mass is 10.1. The van der Waals surface area contributed by atoms with Crippen molar-refractivity contribution in [1.82, 2.24) is 9.88 Å². The Morgan fingerprint density at radius 1 is 1.11 bits per heavy atom. The van der Waals surface area contributed by atoms with Crippen molar-refractivity contribution < 1.29 is 13.9 Å². The molecule has 2 aromatic heterocycles. The first-order valence-electron chi connectivity index (χ1n) is 11.8. The molecule has 0 amide bonds. The molecule has 0 aliphatic carbocycles. The fraction of sp³-hybridized carbons (Fsp3) is 0.296. The van der Waals surface area contributed by atoms with Gasteiger partial charge in [-0.1, -0.05) is 36.4 Å². The summed E-state index contributed by atoms with van der Waals surface area (Å²) >= 11 is 0. The molecule has 1 saturated heterocycles. The zero-order valence-electron chi connectivity index (χ0n) is 19.6. The maximum absolute atomic E-state index is 12.7. The van der Waals surface area contributed by atoms with Crippen LogP contribution in [0.5, 0.6) is 0 Å². The molecular weight excluding hydrogens is 444 g/mol. The SMILES string of the molecule is COC(=O)C1CN(c2nccc3ccccc23)CCN1CCCNc1cc(=O)oc2ccccc12. The normalized spacial score (nSPS) is 16.5. The van der Waals surface area contributed by atoms with Crippen molar-refractivity contribution in [3.8, 4) is 0 Å². The number of hydrogen-bond acceptors (Lipinski definition) is 8. The fourth-order valence-electron chi connectivity index (χ4n) is 4.76. The van der Waals surface area contributed by atoms with Crippen molar-refractivity contribution >= 4 is 39.2 Å². The molecule has 0 radical (unpaired) electrons. The molecule has 1 fully saturated rings. The maximum Gasteiger partial charge on any atom is 0.338 e. The molecular formula is C27H28N4O4. The van der Waals surface area contributed by atoms with Gasteiger partial charge in [-0.2, -0.15) is 0 Å². The number of ether oxygens (including phenoxy) is 1. The maximum atomic E-state index is 12.7. The zero-order chi connectivity index (χ0) is 24.2. The highest BCUT2D eigenvalue weighted by Crippen LogP contribution is 2.27. The Kier molecular flexibility index (Phi) is 6.63. The first-order chi connectivity index (χ1) is 17.1. The van der Waals surface area contributed by atoms with E-state index in [0.717, 1.165) is 53.7 Å². The molecule has 0 bridgehead atoms. The topological polar surface area (TPSA) is 87.9 Å². The fourth-order valence-corrected chi connectivity index (χ4v) is 4.76. The predicted octanol–water partition coefficient (Wildman–Crippen LogP) is 3.51. The van der Waals surface area contributed by atoms with E-state index in [1.165, 1.54) is 13.2 Å². The van der Waals surface area contributed by atoms with Crippen LogP contribution in [0.2, 0.25) is 0 Å². The van der Waals surface area contributed by atoms with Crippen LogP contribution in [-0.4, -0.2) is 61.7 Å². The number of para-hydroxylation sites is 1. The van der Waals surface area contributed by atoms with Crippen LogP contribution in [0.15, 0.2) is 76.1 Å². The Bertz CT molecular complexity index is 1400. The molecule has 8 heteroatoms. The van der Waals surface area contributed by atoms with Crippen LogP contribution in [0.1, 0.15) is 6.42 Å². The van der Waals surface area contributed by atoms with E-state index < -0.39 is 0 Å². The average Bonchev–Trinajstić information content (AvgIpc) is 2.90. The summed E-state index contributed by atoms with van der Waals surface area (Å²) in [6.45, 7) is 3.40. The smallest absolute Gasteiger partial charge is 0.338 e. The van der Waals surface area contributed by atoms with E-state index in [1.807, 2.05) is 42.6 Å². The van der Waals surface area contributed by atoms with Crippen molar-refractivity contribution in [1.29, 1.82) is 0 Å². The Morgan fingerprint density at radius 2 is 1.91 bits per heavy atom. The number of fused-ring (bicyclic) bond motifs is 2. The molecule has 8 nitrogen and oxygen atoms in total. The highest BCUT2D eigenvalue weighted by Gasteiger charge is 2.33. The minimum Gasteiger partial charge on any atom is -0.468 e. The Balaban J connectivity index is 1.25. The van der Waals surface area contributed by atoms with E-state index in [2.05, 4.69) is 32.2 Å². The third-order valence-corrected chi connectivity index (χ3v) is 6.50. The van der Waals surface area contributed by atoms with Crippen LogP contribution in [-0.2, 0) is 9.53 Å². The quantitative estimate of drug-likeness (QED) is 0.248. The number of nitrogens with zero attached hydrogens (tertiary/aromatic N) is 3. The molecule has 5 rings (SSSR count). The number of nitrogens with one attached hydrogen (secondary N) is 1. The van der Waals surface area contributed by atoms with Crippen molar-refractivity contribution in [2.75, 3.05) is 50.1 Å². The standard InChI is InChI=1S/C27H28N4O4/c1-34-27(33)23-18-31(26-20-8-3-2-7-19(20)11-13-29-26)16-15-30(23)14-6-12-28-22-17-25(32)35-24-10-5-4-9-21(22)24/h2-5,7-11,13,17,23,28H,6,12,14-16,18H2,1H3. The number of aromatic nitrogens is 1. The van der Waals surface area contributed by atoms with Gasteiger partial charge in [0.2, 0.25) is 0 Å². The number of rotatable bonds is 7. The molecule has 35 heavy (non-hydrogen) atoms. The second-order valence-electron chi connectivity index (χ2n) is 8.63. The largest absolute Gasteiger partial charge is 0.468 e. The molecule has 0 spiro atoms. The number of hydrogen-bond donors (Lipinski definition) is 1. The highest BCUT2D eigenvalue weighted by molar-refractivity contribution is 5.92.